The van der Waals surface area contributed by atoms with E-state index in [9.17, 15) is 23.1 Å². The van der Waals surface area contributed by atoms with Gasteiger partial charge in [-0.05, 0) is 24.3 Å². The molecule has 1 unspecified atom stereocenters. The molecule has 8 heteroatoms. The number of hydrogen-bond acceptors (Lipinski definition) is 4. The number of alkyl halides is 3. The first kappa shape index (κ1) is 18.0. The lowest BCUT2D eigenvalue weighted by molar-refractivity contribution is -0.150. The molecule has 0 amide bonds. The Hall–Kier alpha value is -2.35. The molecule has 1 N–H and O–H groups in total. The first-order valence-electron chi connectivity index (χ1n) is 7.13. The molecule has 0 saturated carbocycles. The summed E-state index contributed by atoms with van der Waals surface area (Å²) in [6, 6.07) is 5.32. The van der Waals surface area contributed by atoms with E-state index < -0.39 is 29.4 Å². The van der Waals surface area contributed by atoms with Crippen LogP contribution in [0, 0.1) is 5.41 Å². The van der Waals surface area contributed by atoms with Gasteiger partial charge in [-0.1, -0.05) is 13.8 Å². The SMILES string of the molecule is CC(C)(Cn1cccc1)C(O)C(=O)Oc1ccc(C(F)(F)F)nc1. The highest BCUT2D eigenvalue weighted by molar-refractivity contribution is 5.77. The Morgan fingerprint density at radius 3 is 2.42 bits per heavy atom. The second-order valence-corrected chi connectivity index (χ2v) is 6.04. The van der Waals surface area contributed by atoms with Crippen molar-refractivity contribution >= 4 is 5.97 Å². The number of pyridine rings is 1. The summed E-state index contributed by atoms with van der Waals surface area (Å²) in [5.41, 5.74) is -1.93. The summed E-state index contributed by atoms with van der Waals surface area (Å²) in [4.78, 5) is 15.2. The average molecular weight is 342 g/mol. The molecule has 0 bridgehead atoms. The molecule has 130 valence electrons. The number of hydrogen-bond donors (Lipinski definition) is 1. The summed E-state index contributed by atoms with van der Waals surface area (Å²) < 4.78 is 44.0. The summed E-state index contributed by atoms with van der Waals surface area (Å²) in [6.07, 6.45) is -1.64. The molecule has 0 aromatic carbocycles. The van der Waals surface area contributed by atoms with Gasteiger partial charge in [0.05, 0.1) is 6.20 Å². The van der Waals surface area contributed by atoms with Crippen LogP contribution in [0.1, 0.15) is 19.5 Å². The van der Waals surface area contributed by atoms with Gasteiger partial charge in [-0.3, -0.25) is 0 Å². The molecule has 0 spiro atoms. The van der Waals surface area contributed by atoms with Crippen molar-refractivity contribution in [1.29, 1.82) is 0 Å². The lowest BCUT2D eigenvalue weighted by Gasteiger charge is -2.29. The number of halogens is 3. The first-order valence-corrected chi connectivity index (χ1v) is 7.13. The minimum Gasteiger partial charge on any atom is -0.423 e. The molecule has 0 aliphatic rings. The quantitative estimate of drug-likeness (QED) is 0.849. The third-order valence-corrected chi connectivity index (χ3v) is 3.46. The third kappa shape index (κ3) is 4.35. The third-order valence-electron chi connectivity index (χ3n) is 3.46. The number of ether oxygens (including phenoxy) is 1. The van der Waals surface area contributed by atoms with E-state index in [2.05, 4.69) is 4.98 Å². The van der Waals surface area contributed by atoms with E-state index in [0.29, 0.717) is 12.6 Å². The second-order valence-electron chi connectivity index (χ2n) is 6.04. The number of aromatic nitrogens is 2. The van der Waals surface area contributed by atoms with E-state index in [1.54, 1.807) is 30.8 Å². The molecule has 5 nitrogen and oxygen atoms in total. The van der Waals surface area contributed by atoms with Gasteiger partial charge < -0.3 is 14.4 Å². The maximum atomic E-state index is 12.4. The Morgan fingerprint density at radius 2 is 1.92 bits per heavy atom. The van der Waals surface area contributed by atoms with Crippen molar-refractivity contribution < 1.29 is 27.8 Å². The number of carbonyl (C=O) groups is 1. The predicted molar refractivity (Wildman–Crippen MR) is 79.1 cm³/mol. The van der Waals surface area contributed by atoms with Gasteiger partial charge in [0.25, 0.3) is 0 Å². The molecule has 2 aromatic rings. The van der Waals surface area contributed by atoms with Gasteiger partial charge in [-0.2, -0.15) is 13.2 Å². The van der Waals surface area contributed by atoms with Crippen LogP contribution in [0.2, 0.25) is 0 Å². The van der Waals surface area contributed by atoms with Crippen molar-refractivity contribution in [3.8, 4) is 5.75 Å². The van der Waals surface area contributed by atoms with E-state index in [-0.39, 0.29) is 5.75 Å². The highest BCUT2D eigenvalue weighted by Crippen LogP contribution is 2.29. The van der Waals surface area contributed by atoms with Crippen molar-refractivity contribution in [1.82, 2.24) is 9.55 Å². The van der Waals surface area contributed by atoms with Crippen LogP contribution in [-0.4, -0.2) is 26.7 Å². The Balaban J connectivity index is 2.03. The number of aliphatic hydroxyl groups is 1. The van der Waals surface area contributed by atoms with Crippen LogP contribution >= 0.6 is 0 Å². The summed E-state index contributed by atoms with van der Waals surface area (Å²) in [7, 11) is 0. The summed E-state index contributed by atoms with van der Waals surface area (Å²) in [6.45, 7) is 3.73. The van der Waals surface area contributed by atoms with Gasteiger partial charge in [0, 0.05) is 24.4 Å². The van der Waals surface area contributed by atoms with Crippen molar-refractivity contribution in [3.63, 3.8) is 0 Å². The number of aliphatic hydroxyl groups excluding tert-OH is 1. The number of esters is 1. The maximum Gasteiger partial charge on any atom is 0.433 e. The highest BCUT2D eigenvalue weighted by atomic mass is 19.4. The molecular formula is C16H17F3N2O3. The van der Waals surface area contributed by atoms with E-state index in [1.165, 1.54) is 0 Å². The molecule has 2 aromatic heterocycles. The topological polar surface area (TPSA) is 64.4 Å². The molecule has 0 aliphatic heterocycles. The normalized spacial score (nSPS) is 13.6. The lowest BCUT2D eigenvalue weighted by Crippen LogP contribution is -2.41. The average Bonchev–Trinajstić information content (AvgIpc) is 2.98. The molecule has 0 fully saturated rings. The van der Waals surface area contributed by atoms with Crippen molar-refractivity contribution in [3.05, 3.63) is 48.5 Å². The fraction of sp³-hybridized carbons (Fsp3) is 0.375. The van der Waals surface area contributed by atoms with E-state index in [1.807, 2.05) is 12.1 Å². The standard InChI is InChI=1S/C16H17F3N2O3/c1-15(2,10-21-7-3-4-8-21)13(22)14(23)24-11-5-6-12(20-9-11)16(17,18)19/h3-9,13,22H,10H2,1-2H3. The Kier molecular flexibility index (Phi) is 4.98. The maximum absolute atomic E-state index is 12.4. The Morgan fingerprint density at radius 1 is 1.29 bits per heavy atom. The smallest absolute Gasteiger partial charge is 0.423 e. The summed E-state index contributed by atoms with van der Waals surface area (Å²) in [5.74, 6) is -1.11. The van der Waals surface area contributed by atoms with Crippen LogP contribution in [0.5, 0.6) is 5.75 Å². The van der Waals surface area contributed by atoms with Crippen LogP contribution in [-0.2, 0) is 17.5 Å². The predicted octanol–water partition coefficient (Wildman–Crippen LogP) is 2.89. The lowest BCUT2D eigenvalue weighted by atomic mass is 9.86. The summed E-state index contributed by atoms with van der Waals surface area (Å²) >= 11 is 0. The van der Waals surface area contributed by atoms with Gasteiger partial charge in [-0.15, -0.1) is 0 Å². The molecule has 0 radical (unpaired) electrons. The molecule has 1 atom stereocenters. The minimum atomic E-state index is -4.57. The second kappa shape index (κ2) is 6.64. The Labute approximate surface area is 136 Å². The monoisotopic (exact) mass is 342 g/mol. The molecule has 2 heterocycles. The fourth-order valence-electron chi connectivity index (χ4n) is 2.13. The van der Waals surface area contributed by atoms with Crippen molar-refractivity contribution in [2.24, 2.45) is 5.41 Å². The van der Waals surface area contributed by atoms with Gasteiger partial charge in [0.2, 0.25) is 0 Å². The zero-order chi connectivity index (χ0) is 18.0. The fourth-order valence-corrected chi connectivity index (χ4v) is 2.13. The number of rotatable bonds is 5. The molecule has 0 aliphatic carbocycles. The van der Waals surface area contributed by atoms with Gasteiger partial charge in [0.15, 0.2) is 6.10 Å². The van der Waals surface area contributed by atoms with Crippen LogP contribution in [0.25, 0.3) is 0 Å². The van der Waals surface area contributed by atoms with Crippen LogP contribution in [0.15, 0.2) is 42.9 Å². The van der Waals surface area contributed by atoms with E-state index >= 15 is 0 Å². The highest BCUT2D eigenvalue weighted by Gasteiger charge is 2.36. The first-order chi connectivity index (χ1) is 11.1. The van der Waals surface area contributed by atoms with Crippen LogP contribution < -0.4 is 4.74 Å². The van der Waals surface area contributed by atoms with E-state index in [0.717, 1.165) is 12.3 Å². The van der Waals surface area contributed by atoms with Crippen LogP contribution in [0.3, 0.4) is 0 Å². The summed E-state index contributed by atoms with van der Waals surface area (Å²) in [5, 5.41) is 10.2. The van der Waals surface area contributed by atoms with Gasteiger partial charge in [-0.25, -0.2) is 9.78 Å². The van der Waals surface area contributed by atoms with Gasteiger partial charge in [0.1, 0.15) is 11.4 Å². The molecule has 0 saturated heterocycles. The zero-order valence-electron chi connectivity index (χ0n) is 13.1. The minimum absolute atomic E-state index is 0.163. The Bertz CT molecular complexity index is 680. The molecular weight excluding hydrogens is 325 g/mol. The van der Waals surface area contributed by atoms with Crippen molar-refractivity contribution in [2.75, 3.05) is 0 Å². The van der Waals surface area contributed by atoms with E-state index in [4.69, 9.17) is 4.74 Å². The number of carbonyl (C=O) groups excluding carboxylic acids is 1. The largest absolute Gasteiger partial charge is 0.433 e. The van der Waals surface area contributed by atoms with Crippen molar-refractivity contribution in [2.45, 2.75) is 32.7 Å². The number of nitrogens with zero attached hydrogens (tertiary/aromatic N) is 2. The molecule has 2 rings (SSSR count). The van der Waals surface area contributed by atoms with Crippen LogP contribution in [0.4, 0.5) is 13.2 Å². The zero-order valence-corrected chi connectivity index (χ0v) is 13.1. The van der Waals surface area contributed by atoms with Gasteiger partial charge >= 0.3 is 12.1 Å². The molecule has 24 heavy (non-hydrogen) atoms.